The van der Waals surface area contributed by atoms with Crippen molar-refractivity contribution in [3.8, 4) is 0 Å². The highest BCUT2D eigenvalue weighted by Crippen LogP contribution is 2.25. The number of hydrogen-bond donors (Lipinski definition) is 1. The van der Waals surface area contributed by atoms with Crippen molar-refractivity contribution in [2.24, 2.45) is 0 Å². The van der Waals surface area contributed by atoms with Gasteiger partial charge in [-0.1, -0.05) is 55.3 Å². The van der Waals surface area contributed by atoms with Gasteiger partial charge < -0.3 is 10.2 Å². The minimum atomic E-state index is -4.11. The fourth-order valence-electron chi connectivity index (χ4n) is 4.79. The van der Waals surface area contributed by atoms with Gasteiger partial charge in [-0.25, -0.2) is 12.8 Å². The van der Waals surface area contributed by atoms with E-state index in [1.165, 1.54) is 29.2 Å². The van der Waals surface area contributed by atoms with E-state index in [-0.39, 0.29) is 23.4 Å². The molecule has 206 valence electrons. The zero-order valence-corrected chi connectivity index (χ0v) is 23.0. The van der Waals surface area contributed by atoms with Gasteiger partial charge in [-0.3, -0.25) is 13.9 Å². The van der Waals surface area contributed by atoms with Gasteiger partial charge in [-0.05, 0) is 74.2 Å². The van der Waals surface area contributed by atoms with E-state index in [2.05, 4.69) is 5.32 Å². The van der Waals surface area contributed by atoms with E-state index in [0.717, 1.165) is 35.6 Å². The van der Waals surface area contributed by atoms with Gasteiger partial charge in [0.15, 0.2) is 0 Å². The average molecular weight is 552 g/mol. The second kappa shape index (κ2) is 12.4. The Labute approximate surface area is 229 Å². The van der Waals surface area contributed by atoms with Crippen LogP contribution >= 0.6 is 0 Å². The van der Waals surface area contributed by atoms with Crippen LogP contribution in [0.4, 0.5) is 10.1 Å². The molecule has 4 rings (SSSR count). The number of carbonyl (C=O) groups excluding carboxylic acids is 2. The van der Waals surface area contributed by atoms with E-state index in [1.807, 2.05) is 13.0 Å². The number of carbonyl (C=O) groups is 2. The Morgan fingerprint density at radius 1 is 0.974 bits per heavy atom. The molecule has 0 heterocycles. The van der Waals surface area contributed by atoms with Crippen molar-refractivity contribution in [1.82, 2.24) is 10.2 Å². The first kappa shape index (κ1) is 28.3. The highest BCUT2D eigenvalue weighted by atomic mass is 32.2. The van der Waals surface area contributed by atoms with Crippen molar-refractivity contribution in [1.29, 1.82) is 0 Å². The minimum absolute atomic E-state index is 0.0193. The van der Waals surface area contributed by atoms with Gasteiger partial charge in [0.2, 0.25) is 11.8 Å². The van der Waals surface area contributed by atoms with E-state index in [0.29, 0.717) is 11.3 Å². The molecule has 2 amide bonds. The molecule has 9 heteroatoms. The Hall–Kier alpha value is -3.72. The van der Waals surface area contributed by atoms with Gasteiger partial charge in [0.1, 0.15) is 18.4 Å². The van der Waals surface area contributed by atoms with Crippen LogP contribution in [0.3, 0.4) is 0 Å². The molecule has 7 nitrogen and oxygen atoms in total. The van der Waals surface area contributed by atoms with Crippen LogP contribution in [0, 0.1) is 12.7 Å². The number of hydrogen-bond acceptors (Lipinski definition) is 4. The van der Waals surface area contributed by atoms with Gasteiger partial charge in [0.05, 0.1) is 10.6 Å². The molecule has 1 saturated carbocycles. The van der Waals surface area contributed by atoms with Crippen LogP contribution in [-0.2, 0) is 26.2 Å². The van der Waals surface area contributed by atoms with Crippen LogP contribution in [0.25, 0.3) is 0 Å². The molecule has 0 radical (unpaired) electrons. The minimum Gasteiger partial charge on any atom is -0.352 e. The van der Waals surface area contributed by atoms with E-state index in [9.17, 15) is 22.4 Å². The number of nitrogens with one attached hydrogen (secondary N) is 1. The third-order valence-electron chi connectivity index (χ3n) is 7.03. The molecular weight excluding hydrogens is 517 g/mol. The monoisotopic (exact) mass is 551 g/mol. The Kier molecular flexibility index (Phi) is 9.01. The maximum Gasteiger partial charge on any atom is 0.264 e. The number of anilines is 1. The van der Waals surface area contributed by atoms with Gasteiger partial charge in [0, 0.05) is 12.6 Å². The maximum atomic E-state index is 13.9. The molecule has 0 saturated heterocycles. The zero-order valence-electron chi connectivity index (χ0n) is 22.2. The van der Waals surface area contributed by atoms with Gasteiger partial charge >= 0.3 is 0 Å². The highest BCUT2D eigenvalue weighted by molar-refractivity contribution is 7.92. The third-order valence-corrected chi connectivity index (χ3v) is 8.82. The maximum absolute atomic E-state index is 13.9. The lowest BCUT2D eigenvalue weighted by atomic mass is 10.1. The summed E-state index contributed by atoms with van der Waals surface area (Å²) in [7, 11) is -4.11. The predicted octanol–water partition coefficient (Wildman–Crippen LogP) is 4.81. The summed E-state index contributed by atoms with van der Waals surface area (Å²) in [4.78, 5) is 28.5. The number of aryl methyl sites for hydroxylation is 1. The van der Waals surface area contributed by atoms with Crippen molar-refractivity contribution < 1.29 is 22.4 Å². The zero-order chi connectivity index (χ0) is 28.0. The molecule has 3 aromatic rings. The third kappa shape index (κ3) is 7.03. The molecule has 0 aliphatic heterocycles. The SMILES string of the molecule is Cc1cccc(N(CC(=O)N(Cc2ccc(F)cc2)C(C)C(=O)NC2CCCC2)S(=O)(=O)c2ccccc2)c1. The summed E-state index contributed by atoms with van der Waals surface area (Å²) in [6, 6.07) is 19.7. The standard InChI is InChI=1S/C30H34FN3O4S/c1-22-9-8-12-27(19-22)34(39(37,38)28-13-4-3-5-14-28)21-29(35)33(20-24-15-17-25(31)18-16-24)23(2)30(36)32-26-10-6-7-11-26/h3-5,8-9,12-19,23,26H,6-7,10-11,20-21H2,1-2H3,(H,32,36). The molecular formula is C30H34FN3O4S. The summed E-state index contributed by atoms with van der Waals surface area (Å²) in [6.07, 6.45) is 3.86. The lowest BCUT2D eigenvalue weighted by Crippen LogP contribution is -2.52. The van der Waals surface area contributed by atoms with Gasteiger partial charge in [-0.2, -0.15) is 0 Å². The summed E-state index contributed by atoms with van der Waals surface area (Å²) >= 11 is 0. The molecule has 1 aliphatic rings. The normalized spacial score (nSPS) is 14.5. The van der Waals surface area contributed by atoms with Crippen LogP contribution in [0.5, 0.6) is 0 Å². The van der Waals surface area contributed by atoms with Crippen LogP contribution < -0.4 is 9.62 Å². The summed E-state index contributed by atoms with van der Waals surface area (Å²) < 4.78 is 42.2. The quantitative estimate of drug-likeness (QED) is 0.392. The Morgan fingerprint density at radius 2 is 1.64 bits per heavy atom. The summed E-state index contributed by atoms with van der Waals surface area (Å²) in [6.45, 7) is 2.98. The molecule has 1 aliphatic carbocycles. The Morgan fingerprint density at radius 3 is 2.28 bits per heavy atom. The largest absolute Gasteiger partial charge is 0.352 e. The van der Waals surface area contributed by atoms with Crippen LogP contribution in [0.2, 0.25) is 0 Å². The molecule has 1 fully saturated rings. The molecule has 39 heavy (non-hydrogen) atoms. The second-order valence-electron chi connectivity index (χ2n) is 9.98. The van der Waals surface area contributed by atoms with Gasteiger partial charge in [0.25, 0.3) is 10.0 Å². The number of amides is 2. The molecule has 1 atom stereocenters. The molecule has 1 N–H and O–H groups in total. The predicted molar refractivity (Wildman–Crippen MR) is 149 cm³/mol. The summed E-state index contributed by atoms with van der Waals surface area (Å²) in [5, 5.41) is 3.03. The van der Waals surface area contributed by atoms with Crippen molar-refractivity contribution >= 4 is 27.5 Å². The number of rotatable bonds is 10. The van der Waals surface area contributed by atoms with Crippen LogP contribution in [0.1, 0.15) is 43.7 Å². The Balaban J connectivity index is 1.67. The highest BCUT2D eigenvalue weighted by Gasteiger charge is 2.33. The van der Waals surface area contributed by atoms with Crippen molar-refractivity contribution in [2.75, 3.05) is 10.8 Å². The first-order valence-electron chi connectivity index (χ1n) is 13.1. The fourth-order valence-corrected chi connectivity index (χ4v) is 6.22. The average Bonchev–Trinajstić information content (AvgIpc) is 3.44. The second-order valence-corrected chi connectivity index (χ2v) is 11.8. The first-order chi connectivity index (χ1) is 18.6. The molecule has 1 unspecified atom stereocenters. The lowest BCUT2D eigenvalue weighted by molar-refractivity contribution is -0.139. The number of nitrogens with zero attached hydrogens (tertiary/aromatic N) is 2. The van der Waals surface area contributed by atoms with Crippen molar-refractivity contribution in [3.63, 3.8) is 0 Å². The van der Waals surface area contributed by atoms with E-state index < -0.39 is 34.3 Å². The number of benzene rings is 3. The molecule has 0 aromatic heterocycles. The summed E-state index contributed by atoms with van der Waals surface area (Å²) in [5.74, 6) is -1.26. The number of halogens is 1. The van der Waals surface area contributed by atoms with E-state index >= 15 is 0 Å². The smallest absolute Gasteiger partial charge is 0.264 e. The summed E-state index contributed by atoms with van der Waals surface area (Å²) in [5.41, 5.74) is 1.80. The lowest BCUT2D eigenvalue weighted by Gasteiger charge is -2.32. The fraction of sp³-hybridized carbons (Fsp3) is 0.333. The molecule has 0 bridgehead atoms. The van der Waals surface area contributed by atoms with Crippen LogP contribution in [-0.4, -0.2) is 43.8 Å². The van der Waals surface area contributed by atoms with E-state index in [4.69, 9.17) is 0 Å². The molecule has 0 spiro atoms. The topological polar surface area (TPSA) is 86.8 Å². The number of sulfonamides is 1. The van der Waals surface area contributed by atoms with Crippen molar-refractivity contribution in [2.45, 2.75) is 63.1 Å². The first-order valence-corrected chi connectivity index (χ1v) is 14.6. The van der Waals surface area contributed by atoms with Crippen molar-refractivity contribution in [3.05, 3.63) is 95.8 Å². The Bertz CT molecular complexity index is 1390. The van der Waals surface area contributed by atoms with Crippen LogP contribution in [0.15, 0.2) is 83.8 Å². The van der Waals surface area contributed by atoms with E-state index in [1.54, 1.807) is 55.5 Å². The molecule has 3 aromatic carbocycles. The van der Waals surface area contributed by atoms with Gasteiger partial charge in [-0.15, -0.1) is 0 Å².